The van der Waals surface area contributed by atoms with Crippen molar-refractivity contribution in [1.82, 2.24) is 9.80 Å². The van der Waals surface area contributed by atoms with Gasteiger partial charge in [-0.2, -0.15) is 0 Å². The first kappa shape index (κ1) is 52.8. The lowest BCUT2D eigenvalue weighted by atomic mass is 9.73. The quantitative estimate of drug-likeness (QED) is 0.0237. The monoisotopic (exact) mass is 1000 g/mol. The van der Waals surface area contributed by atoms with Crippen molar-refractivity contribution < 1.29 is 76.2 Å². The van der Waals surface area contributed by atoms with Gasteiger partial charge in [0, 0.05) is 24.2 Å². The first-order valence-corrected chi connectivity index (χ1v) is 23.1. The summed E-state index contributed by atoms with van der Waals surface area (Å²) in [5.41, 5.74) is 4.57. The summed E-state index contributed by atoms with van der Waals surface area (Å²) in [5.74, 6) is -1.82. The predicted molar refractivity (Wildman–Crippen MR) is 243 cm³/mol. The minimum Gasteiger partial charge on any atom is -0.496 e. The number of carbonyl (C=O) groups excluding carboxylic acids is 3. The number of halogens is 3. The second kappa shape index (κ2) is 25.9. The summed E-state index contributed by atoms with van der Waals surface area (Å²) in [6, 6.07) is 13.8. The number of fused-ring (bicyclic) bond motifs is 2. The number of rotatable bonds is 27. The van der Waals surface area contributed by atoms with E-state index in [9.17, 15) is 38.6 Å². The molecule has 2 bridgehead atoms. The molecule has 0 aromatic heterocycles. The number of hydrogen-bond donors (Lipinski definition) is 0. The molecule has 70 heavy (non-hydrogen) atoms. The largest absolute Gasteiger partial charge is 0.508 e. The molecule has 0 N–H and O–H groups in total. The van der Waals surface area contributed by atoms with E-state index in [2.05, 4.69) is 9.68 Å². The molecule has 2 amide bonds. The smallest absolute Gasteiger partial charge is 0.496 e. The molecule has 0 spiro atoms. The third-order valence-electron chi connectivity index (χ3n) is 11.8. The lowest BCUT2D eigenvalue weighted by Crippen LogP contribution is -2.58. The van der Waals surface area contributed by atoms with E-state index in [4.69, 9.17) is 44.8 Å². The average molecular weight is 1010 g/mol. The number of hydrogen-bond acceptors (Lipinski definition) is 16. The zero-order valence-electron chi connectivity index (χ0n) is 38.7. The zero-order valence-corrected chi connectivity index (χ0v) is 39.4. The number of amides is 2. The normalized spacial score (nSPS) is 17.3. The number of nitrogens with zero attached hydrogens (tertiary/aromatic N) is 4. The lowest BCUT2D eigenvalue weighted by molar-refractivity contribution is -0.758. The average Bonchev–Trinajstić information content (AvgIpc) is 4.18. The van der Waals surface area contributed by atoms with Crippen LogP contribution in [0.25, 0.3) is 5.57 Å². The van der Waals surface area contributed by atoms with Gasteiger partial charge in [0.15, 0.2) is 11.6 Å². The highest BCUT2D eigenvalue weighted by Gasteiger charge is 2.49. The maximum Gasteiger partial charge on any atom is 0.508 e. The van der Waals surface area contributed by atoms with Crippen molar-refractivity contribution in [2.24, 2.45) is 5.92 Å². The summed E-state index contributed by atoms with van der Waals surface area (Å²) in [6.45, 7) is 0.831. The molecule has 3 aromatic carbocycles. The molecule has 0 radical (unpaired) electrons. The molecule has 2 fully saturated rings. The first-order valence-electron chi connectivity index (χ1n) is 22.7. The fourth-order valence-corrected chi connectivity index (χ4v) is 8.76. The van der Waals surface area contributed by atoms with Crippen molar-refractivity contribution in [2.45, 2.75) is 76.5 Å². The Morgan fingerprint density at radius 1 is 0.800 bits per heavy atom. The standard InChI is InChI=1S/C47H55ClF2N4O16/c1-30-24-32(7-14-41(30)62-2)28-51(35-10-11-35)45(55)42-37(34-8-5-31(6-9-34)4-3-15-65-44-39(50)13-12-38(49)43(44)48)27-36-25-33(29-68-47(57)67-21-17-64-19-23-70-54(60)61)26-40(42)52(36)46(56)66-20-16-63-18-22-69-53(58)59/h5-9,12-14,24,33,35-36,40H,3-4,10-11,15-23,25-29H2,1-2H3. The second-order valence-corrected chi connectivity index (χ2v) is 17.0. The van der Waals surface area contributed by atoms with Crippen LogP contribution in [0, 0.1) is 44.7 Å². The molecule has 20 nitrogen and oxygen atoms in total. The molecule has 3 aromatic rings. The Kier molecular flexibility index (Phi) is 19.6. The van der Waals surface area contributed by atoms with Crippen molar-refractivity contribution in [3.05, 3.63) is 119 Å². The van der Waals surface area contributed by atoms with Crippen LogP contribution < -0.4 is 9.47 Å². The fraction of sp³-hybridized carbons (Fsp3) is 0.511. The molecule has 2 aliphatic heterocycles. The summed E-state index contributed by atoms with van der Waals surface area (Å²) >= 11 is 5.93. The number of methoxy groups -OCH3 is 1. The Balaban J connectivity index is 1.25. The number of piperidine rings is 1. The molecule has 1 saturated heterocycles. The van der Waals surface area contributed by atoms with Crippen molar-refractivity contribution in [1.29, 1.82) is 0 Å². The molecular formula is C47H55ClF2N4O16. The molecular weight excluding hydrogens is 950 g/mol. The summed E-state index contributed by atoms with van der Waals surface area (Å²) in [6.07, 6.45) is 1.63. The van der Waals surface area contributed by atoms with E-state index >= 15 is 4.79 Å². The Labute approximate surface area is 406 Å². The van der Waals surface area contributed by atoms with Crippen LogP contribution in [0.2, 0.25) is 5.02 Å². The van der Waals surface area contributed by atoms with E-state index in [1.807, 2.05) is 54.3 Å². The van der Waals surface area contributed by atoms with Gasteiger partial charge in [0.2, 0.25) is 0 Å². The van der Waals surface area contributed by atoms with Crippen LogP contribution in [0.5, 0.6) is 11.5 Å². The van der Waals surface area contributed by atoms with Crippen LogP contribution in [0.4, 0.5) is 18.4 Å². The molecule has 3 aliphatic rings. The van der Waals surface area contributed by atoms with Gasteiger partial charge < -0.3 is 47.7 Å². The molecule has 23 heteroatoms. The molecule has 1 aliphatic carbocycles. The van der Waals surface area contributed by atoms with Gasteiger partial charge in [-0.15, -0.1) is 20.2 Å². The van der Waals surface area contributed by atoms with Gasteiger partial charge in [0.25, 0.3) is 16.1 Å². The zero-order chi connectivity index (χ0) is 50.2. The second-order valence-electron chi connectivity index (χ2n) is 16.7. The molecule has 3 atom stereocenters. The van der Waals surface area contributed by atoms with Crippen LogP contribution in [-0.4, -0.2) is 129 Å². The van der Waals surface area contributed by atoms with E-state index < -0.39 is 51.2 Å². The Bertz CT molecular complexity index is 2340. The number of aryl methyl sites for hydroxylation is 2. The minimum absolute atomic E-state index is 0.0618. The highest BCUT2D eigenvalue weighted by atomic mass is 35.5. The third kappa shape index (κ3) is 15.0. The summed E-state index contributed by atoms with van der Waals surface area (Å²) in [4.78, 5) is 75.0. The van der Waals surface area contributed by atoms with E-state index in [1.54, 1.807) is 12.0 Å². The van der Waals surface area contributed by atoms with E-state index in [0.29, 0.717) is 30.6 Å². The van der Waals surface area contributed by atoms with E-state index in [-0.39, 0.29) is 109 Å². The number of ether oxygens (including phenoxy) is 7. The van der Waals surface area contributed by atoms with Gasteiger partial charge in [-0.3, -0.25) is 9.69 Å². The van der Waals surface area contributed by atoms with Crippen LogP contribution in [0.15, 0.2) is 60.2 Å². The minimum atomic E-state index is -0.973. The molecule has 1 saturated carbocycles. The van der Waals surface area contributed by atoms with Gasteiger partial charge in [0.1, 0.15) is 43.0 Å². The van der Waals surface area contributed by atoms with Gasteiger partial charge in [0.05, 0.1) is 52.8 Å². The maximum atomic E-state index is 15.5. The van der Waals surface area contributed by atoms with Crippen LogP contribution >= 0.6 is 11.6 Å². The number of benzene rings is 3. The summed E-state index contributed by atoms with van der Waals surface area (Å²) < 4.78 is 66.2. The lowest BCUT2D eigenvalue weighted by Gasteiger charge is -2.49. The van der Waals surface area contributed by atoms with E-state index in [0.717, 1.165) is 52.8 Å². The Morgan fingerprint density at radius 2 is 1.44 bits per heavy atom. The fourth-order valence-electron chi connectivity index (χ4n) is 8.55. The van der Waals surface area contributed by atoms with Gasteiger partial charge >= 0.3 is 12.2 Å². The van der Waals surface area contributed by atoms with Crippen molar-refractivity contribution in [3.63, 3.8) is 0 Å². The van der Waals surface area contributed by atoms with Crippen LogP contribution in [-0.2, 0) is 51.1 Å². The SMILES string of the molecule is COc1ccc(CN(C(=O)C2=C(c3ccc(CCCOc4c(F)ccc(F)c4Cl)cc3)CC3CC(COC(=O)OCCOCCO[N+](=O)[O-])CC2N3C(=O)OCCOCCO[N+](=O)[O-])C2CC2)cc1C. The highest BCUT2D eigenvalue weighted by molar-refractivity contribution is 6.32. The molecule has 2 heterocycles. The van der Waals surface area contributed by atoms with Gasteiger partial charge in [-0.25, -0.2) is 18.4 Å². The summed E-state index contributed by atoms with van der Waals surface area (Å²) in [5, 5.41) is 18.5. The van der Waals surface area contributed by atoms with Crippen LogP contribution in [0.3, 0.4) is 0 Å². The van der Waals surface area contributed by atoms with E-state index in [1.165, 1.54) is 0 Å². The van der Waals surface area contributed by atoms with Crippen molar-refractivity contribution >= 4 is 35.3 Å². The Hall–Kier alpha value is -6.52. The first-order chi connectivity index (χ1) is 33.7. The molecule has 6 rings (SSSR count). The van der Waals surface area contributed by atoms with Gasteiger partial charge in [-0.05, 0) is 104 Å². The van der Waals surface area contributed by atoms with Crippen molar-refractivity contribution in [3.8, 4) is 11.5 Å². The number of carbonyl (C=O) groups is 3. The van der Waals surface area contributed by atoms with Crippen molar-refractivity contribution in [2.75, 3.05) is 73.2 Å². The van der Waals surface area contributed by atoms with Crippen LogP contribution in [0.1, 0.15) is 60.8 Å². The van der Waals surface area contributed by atoms with Gasteiger partial charge in [-0.1, -0.05) is 48.0 Å². The maximum absolute atomic E-state index is 15.5. The topological polar surface area (TPSA) is 227 Å². The predicted octanol–water partition coefficient (Wildman–Crippen LogP) is 7.48. The third-order valence-corrected chi connectivity index (χ3v) is 12.2. The molecule has 380 valence electrons. The Morgan fingerprint density at radius 3 is 2.09 bits per heavy atom. The molecule has 3 unspecified atom stereocenters. The summed E-state index contributed by atoms with van der Waals surface area (Å²) in [7, 11) is 1.59. The highest BCUT2D eigenvalue weighted by Crippen LogP contribution is 2.46.